The molecule has 8 heteroatoms. The van der Waals surface area contributed by atoms with E-state index in [0.29, 0.717) is 13.1 Å². The maximum atomic E-state index is 12.7. The highest BCUT2D eigenvalue weighted by Crippen LogP contribution is 2.26. The lowest BCUT2D eigenvalue weighted by molar-refractivity contribution is 0.143. The Labute approximate surface area is 205 Å². The Morgan fingerprint density at radius 1 is 1.09 bits per heavy atom. The van der Waals surface area contributed by atoms with Crippen molar-refractivity contribution in [2.45, 2.75) is 26.3 Å². The molecule has 0 atom stereocenters. The summed E-state index contributed by atoms with van der Waals surface area (Å²) < 4.78 is 11.0. The lowest BCUT2D eigenvalue weighted by atomic mass is 10.2. The number of unbranched alkanes of at least 4 members (excludes halogenated alkanes) is 1. The van der Waals surface area contributed by atoms with Gasteiger partial charge in [0.15, 0.2) is 0 Å². The summed E-state index contributed by atoms with van der Waals surface area (Å²) in [7, 11) is 1.67. The van der Waals surface area contributed by atoms with Crippen LogP contribution < -0.4 is 14.8 Å². The third-order valence-corrected chi connectivity index (χ3v) is 6.64. The van der Waals surface area contributed by atoms with Crippen LogP contribution in [-0.4, -0.2) is 60.7 Å². The minimum Gasteiger partial charge on any atom is -0.497 e. The van der Waals surface area contributed by atoms with E-state index < -0.39 is 0 Å². The van der Waals surface area contributed by atoms with E-state index in [1.807, 2.05) is 53.4 Å². The number of nitrogens with one attached hydrogen (secondary N) is 1. The number of thiazole rings is 1. The molecule has 2 heterocycles. The summed E-state index contributed by atoms with van der Waals surface area (Å²) in [6, 6.07) is 15.5. The maximum Gasteiger partial charge on any atom is 0.321 e. The molecule has 0 saturated carbocycles. The summed E-state index contributed by atoms with van der Waals surface area (Å²) in [5.74, 6) is 1.66. The van der Waals surface area contributed by atoms with Gasteiger partial charge in [0, 0.05) is 42.8 Å². The SMILES string of the molecule is CCCCOc1ccc(NC(=O)N2CCN(Cc3nc(-c4cccc(OC)c4)cs3)CC2)cc1. The van der Waals surface area contributed by atoms with Crippen LogP contribution in [0.1, 0.15) is 24.8 Å². The molecule has 1 fully saturated rings. The predicted octanol–water partition coefficient (Wildman–Crippen LogP) is 5.35. The molecule has 1 aliphatic heterocycles. The van der Waals surface area contributed by atoms with Crippen molar-refractivity contribution < 1.29 is 14.3 Å². The lowest BCUT2D eigenvalue weighted by Crippen LogP contribution is -2.49. The van der Waals surface area contributed by atoms with Crippen molar-refractivity contribution in [3.63, 3.8) is 0 Å². The van der Waals surface area contributed by atoms with E-state index in [0.717, 1.165) is 72.5 Å². The number of urea groups is 1. The average Bonchev–Trinajstić information content (AvgIpc) is 3.34. The van der Waals surface area contributed by atoms with Crippen LogP contribution in [0.15, 0.2) is 53.9 Å². The van der Waals surface area contributed by atoms with E-state index in [2.05, 4.69) is 22.5 Å². The number of hydrogen-bond donors (Lipinski definition) is 1. The number of hydrogen-bond acceptors (Lipinski definition) is 6. The second-order valence-electron chi connectivity index (χ2n) is 8.28. The Morgan fingerprint density at radius 2 is 1.88 bits per heavy atom. The van der Waals surface area contributed by atoms with E-state index in [9.17, 15) is 4.79 Å². The van der Waals surface area contributed by atoms with Crippen molar-refractivity contribution in [3.8, 4) is 22.8 Å². The molecule has 0 radical (unpaired) electrons. The quantitative estimate of drug-likeness (QED) is 0.418. The highest BCUT2D eigenvalue weighted by Gasteiger charge is 2.22. The van der Waals surface area contributed by atoms with Crippen LogP contribution in [0.3, 0.4) is 0 Å². The molecule has 1 aromatic heterocycles. The van der Waals surface area contributed by atoms with E-state index in [-0.39, 0.29) is 6.03 Å². The van der Waals surface area contributed by atoms with Crippen molar-refractivity contribution in [1.82, 2.24) is 14.8 Å². The van der Waals surface area contributed by atoms with Gasteiger partial charge in [-0.2, -0.15) is 0 Å². The van der Waals surface area contributed by atoms with Gasteiger partial charge in [0.1, 0.15) is 16.5 Å². The summed E-state index contributed by atoms with van der Waals surface area (Å²) in [4.78, 5) is 21.7. The van der Waals surface area contributed by atoms with Crippen LogP contribution in [-0.2, 0) is 6.54 Å². The molecule has 180 valence electrons. The Balaban J connectivity index is 1.23. The summed E-state index contributed by atoms with van der Waals surface area (Å²) >= 11 is 1.67. The molecule has 0 unspecified atom stereocenters. The number of amides is 2. The van der Waals surface area contributed by atoms with Crippen LogP contribution in [0, 0.1) is 0 Å². The van der Waals surface area contributed by atoms with Crippen molar-refractivity contribution in [2.24, 2.45) is 0 Å². The Hall–Kier alpha value is -3.10. The third kappa shape index (κ3) is 6.48. The van der Waals surface area contributed by atoms with Crippen LogP contribution in [0.25, 0.3) is 11.3 Å². The molecule has 4 rings (SSSR count). The average molecular weight is 481 g/mol. The molecule has 3 aromatic rings. The van der Waals surface area contributed by atoms with Crippen LogP contribution in [0.4, 0.5) is 10.5 Å². The van der Waals surface area contributed by atoms with Gasteiger partial charge in [0.05, 0.1) is 26.0 Å². The zero-order valence-electron chi connectivity index (χ0n) is 19.8. The number of methoxy groups -OCH3 is 1. The maximum absolute atomic E-state index is 12.7. The second kappa shape index (κ2) is 11.9. The number of ether oxygens (including phenoxy) is 2. The molecule has 7 nitrogen and oxygen atoms in total. The van der Waals surface area contributed by atoms with Gasteiger partial charge in [0.2, 0.25) is 0 Å². The van der Waals surface area contributed by atoms with Gasteiger partial charge in [0.25, 0.3) is 0 Å². The second-order valence-corrected chi connectivity index (χ2v) is 9.22. The fourth-order valence-corrected chi connectivity index (χ4v) is 4.61. The Bertz CT molecular complexity index is 1060. The normalized spacial score (nSPS) is 14.1. The van der Waals surface area contributed by atoms with Crippen LogP contribution in [0.2, 0.25) is 0 Å². The van der Waals surface area contributed by atoms with Crippen molar-refractivity contribution in [2.75, 3.05) is 45.2 Å². The van der Waals surface area contributed by atoms with Gasteiger partial charge in [-0.3, -0.25) is 4.90 Å². The third-order valence-electron chi connectivity index (χ3n) is 5.81. The first kappa shape index (κ1) is 24.0. The number of carbonyl (C=O) groups is 1. The Kier molecular flexibility index (Phi) is 8.38. The number of piperazine rings is 1. The fourth-order valence-electron chi connectivity index (χ4n) is 3.77. The van der Waals surface area contributed by atoms with Gasteiger partial charge in [-0.1, -0.05) is 25.5 Å². The van der Waals surface area contributed by atoms with Crippen LogP contribution in [0.5, 0.6) is 11.5 Å². The summed E-state index contributed by atoms with van der Waals surface area (Å²) in [6.45, 7) is 6.69. The Morgan fingerprint density at radius 3 is 2.62 bits per heavy atom. The highest BCUT2D eigenvalue weighted by atomic mass is 32.1. The zero-order valence-corrected chi connectivity index (χ0v) is 20.6. The molecule has 1 saturated heterocycles. The first-order valence-electron chi connectivity index (χ1n) is 11.7. The monoisotopic (exact) mass is 480 g/mol. The molecule has 0 bridgehead atoms. The highest BCUT2D eigenvalue weighted by molar-refractivity contribution is 7.09. The van der Waals surface area contributed by atoms with Crippen molar-refractivity contribution in [3.05, 3.63) is 58.9 Å². The largest absolute Gasteiger partial charge is 0.497 e. The molecule has 2 aromatic carbocycles. The van der Waals surface area contributed by atoms with E-state index in [4.69, 9.17) is 14.5 Å². The van der Waals surface area contributed by atoms with Crippen molar-refractivity contribution in [1.29, 1.82) is 0 Å². The number of nitrogens with zero attached hydrogens (tertiary/aromatic N) is 3. The molecule has 2 amide bonds. The molecule has 34 heavy (non-hydrogen) atoms. The van der Waals surface area contributed by atoms with E-state index in [1.54, 1.807) is 18.4 Å². The summed E-state index contributed by atoms with van der Waals surface area (Å²) in [5.41, 5.74) is 2.81. The first-order valence-corrected chi connectivity index (χ1v) is 12.6. The molecule has 1 N–H and O–H groups in total. The summed E-state index contributed by atoms with van der Waals surface area (Å²) in [6.07, 6.45) is 2.14. The van der Waals surface area contributed by atoms with Crippen molar-refractivity contribution >= 4 is 23.1 Å². The van der Waals surface area contributed by atoms with E-state index >= 15 is 0 Å². The van der Waals surface area contributed by atoms with Gasteiger partial charge < -0.3 is 19.7 Å². The van der Waals surface area contributed by atoms with Crippen LogP contribution >= 0.6 is 11.3 Å². The van der Waals surface area contributed by atoms with Gasteiger partial charge in [-0.25, -0.2) is 9.78 Å². The molecular weight excluding hydrogens is 448 g/mol. The minimum atomic E-state index is -0.0612. The topological polar surface area (TPSA) is 66.9 Å². The predicted molar refractivity (Wildman–Crippen MR) is 137 cm³/mol. The van der Waals surface area contributed by atoms with Gasteiger partial charge >= 0.3 is 6.03 Å². The zero-order chi connectivity index (χ0) is 23.8. The number of carbonyl (C=O) groups excluding carboxylic acids is 1. The lowest BCUT2D eigenvalue weighted by Gasteiger charge is -2.34. The standard InChI is InChI=1S/C26H32N4O3S/c1-3-4-16-33-22-10-8-21(9-11-22)27-26(31)30-14-12-29(13-15-30)18-25-28-24(19-34-25)20-6-5-7-23(17-20)32-2/h5-11,17,19H,3-4,12-16,18H2,1-2H3,(H,27,31). The smallest absolute Gasteiger partial charge is 0.321 e. The van der Waals surface area contributed by atoms with E-state index in [1.165, 1.54) is 0 Å². The fraction of sp³-hybridized carbons (Fsp3) is 0.385. The number of rotatable bonds is 9. The summed E-state index contributed by atoms with van der Waals surface area (Å²) in [5, 5.41) is 6.17. The first-order chi connectivity index (χ1) is 16.6. The molecule has 1 aliphatic rings. The molecular formula is C26H32N4O3S. The molecule has 0 spiro atoms. The number of aromatic nitrogens is 1. The minimum absolute atomic E-state index is 0.0612. The number of anilines is 1. The molecule has 0 aliphatic carbocycles. The van der Waals surface area contributed by atoms with Gasteiger partial charge in [-0.15, -0.1) is 11.3 Å². The number of benzene rings is 2. The van der Waals surface area contributed by atoms with Gasteiger partial charge in [-0.05, 0) is 42.8 Å².